The second-order valence-corrected chi connectivity index (χ2v) is 14.2. The molecule has 1 rings (SSSR count). The van der Waals surface area contributed by atoms with Crippen LogP contribution >= 0.6 is 0 Å². The molecule has 0 radical (unpaired) electrons. The maximum Gasteiger partial charge on any atom is 0.335 e. The summed E-state index contributed by atoms with van der Waals surface area (Å²) in [5.41, 5.74) is 5.91. The zero-order valence-electron chi connectivity index (χ0n) is 35.5. The smallest absolute Gasteiger partial charge is 0.335 e. The maximum atomic E-state index is 12.3. The lowest BCUT2D eigenvalue weighted by Crippen LogP contribution is -2.43. The number of aldehydes is 1. The second-order valence-electron chi connectivity index (χ2n) is 14.2. The van der Waals surface area contributed by atoms with Crippen LogP contribution in [0.1, 0.15) is 113 Å². The van der Waals surface area contributed by atoms with Crippen molar-refractivity contribution < 1.29 is 67.5 Å². The van der Waals surface area contributed by atoms with Gasteiger partial charge in [0.25, 0.3) is 5.91 Å². The van der Waals surface area contributed by atoms with Crippen molar-refractivity contribution in [1.29, 1.82) is 0 Å². The van der Waals surface area contributed by atoms with Gasteiger partial charge in [-0.15, -0.1) is 0 Å². The molecule has 4 amide bonds. The number of aliphatic carboxylic acids is 1. The van der Waals surface area contributed by atoms with Crippen molar-refractivity contribution in [1.82, 2.24) is 21.3 Å². The third-order valence-electron chi connectivity index (χ3n) is 9.04. The third-order valence-corrected chi connectivity index (χ3v) is 9.04. The number of nitrogens with one attached hydrogen (secondary N) is 4. The van der Waals surface area contributed by atoms with E-state index in [2.05, 4.69) is 21.3 Å². The van der Waals surface area contributed by atoms with Crippen molar-refractivity contribution in [3.63, 3.8) is 0 Å². The molecule has 19 nitrogen and oxygen atoms in total. The number of carbonyl (C=O) groups excluding carboxylic acids is 5. The van der Waals surface area contributed by atoms with Crippen molar-refractivity contribution in [2.75, 3.05) is 72.5 Å². The fourth-order valence-corrected chi connectivity index (χ4v) is 5.61. The predicted molar refractivity (Wildman–Crippen MR) is 224 cm³/mol. The summed E-state index contributed by atoms with van der Waals surface area (Å²) < 4.78 is 26.9. The number of hydrogen-bond acceptors (Lipinski definition) is 13. The molecular formula is C42H69N5O14. The number of nitrogens with two attached hydrogens (primary N) is 1. The van der Waals surface area contributed by atoms with Gasteiger partial charge in [-0.1, -0.05) is 51.4 Å². The Bertz CT molecular complexity index is 1380. The molecule has 8 N–H and O–H groups in total. The van der Waals surface area contributed by atoms with E-state index < -0.39 is 30.1 Å². The van der Waals surface area contributed by atoms with Crippen LogP contribution in [0.15, 0.2) is 24.3 Å². The highest BCUT2D eigenvalue weighted by Crippen LogP contribution is 2.14. The number of ether oxygens (including phenoxy) is 5. The minimum absolute atomic E-state index is 0.0439. The van der Waals surface area contributed by atoms with Crippen LogP contribution in [0.3, 0.4) is 0 Å². The summed E-state index contributed by atoms with van der Waals surface area (Å²) in [6, 6.07) is 5.20. The van der Waals surface area contributed by atoms with E-state index >= 15 is 0 Å². The summed E-state index contributed by atoms with van der Waals surface area (Å²) >= 11 is 0. The van der Waals surface area contributed by atoms with Gasteiger partial charge in [-0.3, -0.25) is 24.9 Å². The number of carboxylic acid groups (broad SMARTS) is 2. The molecule has 0 bridgehead atoms. The largest absolute Gasteiger partial charge is 0.494 e. The van der Waals surface area contributed by atoms with E-state index in [1.54, 1.807) is 12.1 Å². The molecule has 1 aromatic carbocycles. The normalized spacial score (nSPS) is 11.9. The first-order valence-corrected chi connectivity index (χ1v) is 21.4. The first-order valence-electron chi connectivity index (χ1n) is 21.4. The van der Waals surface area contributed by atoms with E-state index in [1.807, 2.05) is 0 Å². The number of benzene rings is 1. The molecule has 19 heteroatoms. The number of rotatable bonds is 41. The number of hydrogen-bond donors (Lipinski definition) is 7. The van der Waals surface area contributed by atoms with Crippen molar-refractivity contribution in [2.24, 2.45) is 5.73 Å². The van der Waals surface area contributed by atoms with Crippen LogP contribution in [-0.2, 0) is 47.7 Å². The van der Waals surface area contributed by atoms with E-state index in [4.69, 9.17) is 34.5 Å². The Hall–Kier alpha value is -4.69. The van der Waals surface area contributed by atoms with Gasteiger partial charge < -0.3 is 60.0 Å². The average Bonchev–Trinajstić information content (AvgIpc) is 3.24. The lowest BCUT2D eigenvalue weighted by atomic mass is 10.1. The Labute approximate surface area is 358 Å². The van der Waals surface area contributed by atoms with E-state index in [0.29, 0.717) is 31.7 Å². The molecule has 0 aromatic heterocycles. The summed E-state index contributed by atoms with van der Waals surface area (Å²) in [5.74, 6) is -2.99. The Morgan fingerprint density at radius 2 is 1.20 bits per heavy atom. The molecule has 0 spiro atoms. The molecule has 0 fully saturated rings. The summed E-state index contributed by atoms with van der Waals surface area (Å²) in [6.07, 6.45) is 11.6. The minimum Gasteiger partial charge on any atom is -0.494 e. The van der Waals surface area contributed by atoms with Crippen LogP contribution < -0.4 is 31.7 Å². The fraction of sp³-hybridized carbons (Fsp3) is 0.690. The Kier molecular flexibility index (Phi) is 33.0. The average molecular weight is 868 g/mol. The number of amides is 4. The number of unbranched alkanes of at least 4 members (excludes halogenated alkanes) is 11. The van der Waals surface area contributed by atoms with Crippen LogP contribution in [0, 0.1) is 0 Å². The fourth-order valence-electron chi connectivity index (χ4n) is 5.61. The quantitative estimate of drug-likeness (QED) is 0.0283. The van der Waals surface area contributed by atoms with E-state index in [-0.39, 0.29) is 102 Å². The van der Waals surface area contributed by atoms with Gasteiger partial charge in [0.1, 0.15) is 24.7 Å². The van der Waals surface area contributed by atoms with E-state index in [1.165, 1.54) is 12.1 Å². The zero-order chi connectivity index (χ0) is 44.8. The molecule has 2 atom stereocenters. The molecule has 0 heterocycles. The molecule has 0 saturated carbocycles. The third kappa shape index (κ3) is 31.8. The molecule has 346 valence electrons. The predicted octanol–water partition coefficient (Wildman–Crippen LogP) is 2.47. The Morgan fingerprint density at radius 1 is 0.607 bits per heavy atom. The molecule has 0 unspecified atom stereocenters. The van der Waals surface area contributed by atoms with E-state index in [9.17, 15) is 38.7 Å². The SMILES string of the molecule is N[C@@H](OCCOCCNC(=O)COCCOCCNC(=O)CC[C@H](NC(=O)CCCCCCCCCCCOc1ccc(C(=O)O)cc1)C(=O)O)C(=O)NCCCCCC=O. The summed E-state index contributed by atoms with van der Waals surface area (Å²) in [5, 5.41) is 28.9. The lowest BCUT2D eigenvalue weighted by molar-refractivity contribution is -0.142. The molecular weight excluding hydrogens is 798 g/mol. The number of aromatic carboxylic acids is 1. The van der Waals surface area contributed by atoms with Crippen molar-refractivity contribution in [3.05, 3.63) is 29.8 Å². The van der Waals surface area contributed by atoms with E-state index in [0.717, 1.165) is 76.9 Å². The number of carbonyl (C=O) groups is 7. The molecule has 1 aromatic rings. The molecule has 0 aliphatic rings. The lowest BCUT2D eigenvalue weighted by Gasteiger charge is -2.14. The van der Waals surface area contributed by atoms with Crippen LogP contribution in [0.5, 0.6) is 5.75 Å². The van der Waals surface area contributed by atoms with Gasteiger partial charge in [-0.25, -0.2) is 9.59 Å². The maximum absolute atomic E-state index is 12.3. The summed E-state index contributed by atoms with van der Waals surface area (Å²) in [4.78, 5) is 81.2. The highest BCUT2D eigenvalue weighted by molar-refractivity contribution is 5.87. The topological polar surface area (TPSA) is 280 Å². The van der Waals surface area contributed by atoms with Crippen molar-refractivity contribution in [2.45, 2.75) is 115 Å². The molecule has 0 saturated heterocycles. The van der Waals surface area contributed by atoms with Gasteiger partial charge in [0.2, 0.25) is 17.7 Å². The Balaban J connectivity index is 1.94. The molecule has 0 aliphatic heterocycles. The number of carboxylic acids is 2. The molecule has 0 aliphatic carbocycles. The first kappa shape index (κ1) is 54.3. The van der Waals surface area contributed by atoms with Gasteiger partial charge in [-0.05, 0) is 56.4 Å². The Morgan fingerprint density at radius 3 is 1.84 bits per heavy atom. The van der Waals surface area contributed by atoms with Crippen LogP contribution in [0.2, 0.25) is 0 Å². The monoisotopic (exact) mass is 867 g/mol. The first-order chi connectivity index (χ1) is 29.5. The highest BCUT2D eigenvalue weighted by Gasteiger charge is 2.21. The van der Waals surface area contributed by atoms with Gasteiger partial charge in [-0.2, -0.15) is 0 Å². The van der Waals surface area contributed by atoms with Gasteiger partial charge in [0, 0.05) is 38.9 Å². The summed E-state index contributed by atoms with van der Waals surface area (Å²) in [6.45, 7) is 2.33. The van der Waals surface area contributed by atoms with Gasteiger partial charge >= 0.3 is 11.9 Å². The van der Waals surface area contributed by atoms with Gasteiger partial charge in [0.05, 0.1) is 51.8 Å². The molecule has 61 heavy (non-hydrogen) atoms. The summed E-state index contributed by atoms with van der Waals surface area (Å²) in [7, 11) is 0. The van der Waals surface area contributed by atoms with Crippen LogP contribution in [0.4, 0.5) is 0 Å². The van der Waals surface area contributed by atoms with Gasteiger partial charge in [0.15, 0.2) is 6.23 Å². The van der Waals surface area contributed by atoms with Crippen LogP contribution in [-0.4, -0.2) is 137 Å². The van der Waals surface area contributed by atoms with Crippen LogP contribution in [0.25, 0.3) is 0 Å². The second kappa shape index (κ2) is 37.1. The highest BCUT2D eigenvalue weighted by atomic mass is 16.5. The van der Waals surface area contributed by atoms with Crippen molar-refractivity contribution >= 4 is 41.9 Å². The zero-order valence-corrected chi connectivity index (χ0v) is 35.5. The standard InChI is InChI=1S/C42H69N5O14/c43-39(40(52)46-21-11-7-8-12-24-48)61-31-30-58-27-23-45-38(51)32-59-29-28-57-26-22-44-36(49)20-19-35(42(55)56)47-37(50)14-10-6-4-2-1-3-5-9-13-25-60-34-17-15-33(16-18-34)41(53)54/h15-18,24,35,39H,1-14,19-23,25-32,43H2,(H,44,49)(H,45,51)(H,46,52)(H,47,50)(H,53,54)(H,55,56)/t35-,39-/m0/s1. The van der Waals surface area contributed by atoms with Crippen molar-refractivity contribution in [3.8, 4) is 5.75 Å². The minimum atomic E-state index is -1.20.